The van der Waals surface area contributed by atoms with Crippen LogP contribution in [0, 0.1) is 0 Å². The summed E-state index contributed by atoms with van der Waals surface area (Å²) in [7, 11) is 1.53. The Labute approximate surface area is 157 Å². The van der Waals surface area contributed by atoms with Crippen LogP contribution in [0.2, 0.25) is 10.0 Å². The van der Waals surface area contributed by atoms with E-state index in [0.29, 0.717) is 22.2 Å². The summed E-state index contributed by atoms with van der Waals surface area (Å²) in [5.74, 6) is -1.65. The Bertz CT molecular complexity index is 975. The molecule has 134 valence electrons. The largest absolute Gasteiger partial charge is 0.478 e. The molecule has 0 fully saturated rings. The topological polar surface area (TPSA) is 102 Å². The second-order valence-corrected chi connectivity index (χ2v) is 6.24. The summed E-state index contributed by atoms with van der Waals surface area (Å²) in [4.78, 5) is 23.5. The lowest BCUT2D eigenvalue weighted by atomic mass is 10.2. The Balaban J connectivity index is 1.77. The number of amides is 1. The van der Waals surface area contributed by atoms with Crippen molar-refractivity contribution in [3.63, 3.8) is 0 Å². The van der Waals surface area contributed by atoms with Crippen molar-refractivity contribution in [1.82, 2.24) is 19.6 Å². The number of rotatable bonds is 5. The molecule has 0 spiro atoms. The van der Waals surface area contributed by atoms with Gasteiger partial charge < -0.3 is 10.4 Å². The third-order valence-corrected chi connectivity index (χ3v) is 4.25. The van der Waals surface area contributed by atoms with Gasteiger partial charge in [0.25, 0.3) is 5.91 Å². The van der Waals surface area contributed by atoms with Crippen LogP contribution in [0.25, 0.3) is 0 Å². The van der Waals surface area contributed by atoms with E-state index in [1.54, 1.807) is 35.1 Å². The quantitative estimate of drug-likeness (QED) is 0.693. The number of hydrogen-bond acceptors (Lipinski definition) is 4. The Kier molecular flexibility index (Phi) is 4.97. The first-order valence-corrected chi connectivity index (χ1v) is 8.15. The number of hydrogen-bond donors (Lipinski definition) is 2. The molecule has 8 nitrogen and oxygen atoms in total. The van der Waals surface area contributed by atoms with Crippen molar-refractivity contribution in [1.29, 1.82) is 0 Å². The van der Waals surface area contributed by atoms with E-state index in [9.17, 15) is 9.59 Å². The molecular weight excluding hydrogens is 381 g/mol. The molecule has 0 aliphatic rings. The van der Waals surface area contributed by atoms with Crippen LogP contribution < -0.4 is 5.32 Å². The van der Waals surface area contributed by atoms with E-state index in [-0.39, 0.29) is 17.1 Å². The molecular formula is C16H13Cl2N5O3. The van der Waals surface area contributed by atoms with Crippen molar-refractivity contribution in [2.45, 2.75) is 6.54 Å². The molecule has 0 atom stereocenters. The lowest BCUT2D eigenvalue weighted by molar-refractivity contribution is 0.0692. The minimum absolute atomic E-state index is 0.188. The summed E-state index contributed by atoms with van der Waals surface area (Å²) in [5, 5.41) is 20.8. The molecule has 0 unspecified atom stereocenters. The number of carbonyl (C=O) groups excluding carboxylic acids is 1. The van der Waals surface area contributed by atoms with E-state index in [2.05, 4.69) is 15.5 Å². The Hall–Kier alpha value is -2.84. The average molecular weight is 394 g/mol. The van der Waals surface area contributed by atoms with Crippen molar-refractivity contribution in [3.05, 3.63) is 63.5 Å². The van der Waals surface area contributed by atoms with Crippen LogP contribution in [-0.4, -0.2) is 36.5 Å². The second-order valence-electron chi connectivity index (χ2n) is 5.42. The van der Waals surface area contributed by atoms with Gasteiger partial charge in [-0.05, 0) is 12.1 Å². The van der Waals surface area contributed by atoms with Gasteiger partial charge >= 0.3 is 5.97 Å². The van der Waals surface area contributed by atoms with Crippen LogP contribution in [0.15, 0.2) is 36.7 Å². The van der Waals surface area contributed by atoms with E-state index in [4.69, 9.17) is 28.3 Å². The highest BCUT2D eigenvalue weighted by Crippen LogP contribution is 2.25. The van der Waals surface area contributed by atoms with E-state index >= 15 is 0 Å². The van der Waals surface area contributed by atoms with Gasteiger partial charge in [0.05, 0.1) is 6.54 Å². The molecule has 0 aliphatic heterocycles. The van der Waals surface area contributed by atoms with Crippen LogP contribution in [0.4, 0.5) is 5.82 Å². The van der Waals surface area contributed by atoms with Gasteiger partial charge in [0.15, 0.2) is 11.5 Å². The van der Waals surface area contributed by atoms with E-state index in [1.165, 1.54) is 17.9 Å². The average Bonchev–Trinajstić information content (AvgIpc) is 3.17. The third kappa shape index (κ3) is 3.71. The molecule has 3 aromatic rings. The molecule has 0 bridgehead atoms. The highest BCUT2D eigenvalue weighted by Gasteiger charge is 2.21. The number of aromatic nitrogens is 4. The number of carboxylic acid groups (broad SMARTS) is 1. The minimum atomic E-state index is -1.23. The maximum absolute atomic E-state index is 12.3. The molecule has 2 heterocycles. The maximum atomic E-state index is 12.3. The second kappa shape index (κ2) is 7.19. The smallest absolute Gasteiger partial charge is 0.339 e. The number of anilines is 1. The van der Waals surface area contributed by atoms with Gasteiger partial charge in [-0.25, -0.2) is 4.79 Å². The zero-order valence-corrected chi connectivity index (χ0v) is 15.0. The number of halogens is 2. The van der Waals surface area contributed by atoms with Gasteiger partial charge in [-0.15, -0.1) is 0 Å². The highest BCUT2D eigenvalue weighted by atomic mass is 35.5. The van der Waals surface area contributed by atoms with E-state index in [1.807, 2.05) is 0 Å². The van der Waals surface area contributed by atoms with Gasteiger partial charge in [-0.1, -0.05) is 29.3 Å². The van der Waals surface area contributed by atoms with E-state index < -0.39 is 11.9 Å². The maximum Gasteiger partial charge on any atom is 0.339 e. The van der Waals surface area contributed by atoms with Crippen molar-refractivity contribution in [2.24, 2.45) is 7.05 Å². The SMILES string of the molecule is Cn1cc(C(=O)O)c(C(=O)Nc2ccn(Cc3c(Cl)cccc3Cl)n2)n1. The number of carboxylic acids is 1. The Morgan fingerprint density at radius 3 is 2.54 bits per heavy atom. The highest BCUT2D eigenvalue weighted by molar-refractivity contribution is 6.35. The number of carbonyl (C=O) groups is 2. The fraction of sp³-hybridized carbons (Fsp3) is 0.125. The monoisotopic (exact) mass is 393 g/mol. The fourth-order valence-electron chi connectivity index (χ4n) is 2.35. The van der Waals surface area contributed by atoms with Gasteiger partial charge in [-0.2, -0.15) is 10.2 Å². The molecule has 2 N–H and O–H groups in total. The predicted molar refractivity (Wildman–Crippen MR) is 95.9 cm³/mol. The summed E-state index contributed by atoms with van der Waals surface area (Å²) in [6.07, 6.45) is 2.90. The molecule has 10 heteroatoms. The molecule has 1 aromatic carbocycles. The molecule has 0 saturated carbocycles. The van der Waals surface area contributed by atoms with Crippen molar-refractivity contribution in [2.75, 3.05) is 5.32 Å². The number of nitrogens with zero attached hydrogens (tertiary/aromatic N) is 4. The van der Waals surface area contributed by atoms with Gasteiger partial charge in [0.2, 0.25) is 0 Å². The third-order valence-electron chi connectivity index (χ3n) is 3.54. The van der Waals surface area contributed by atoms with Crippen molar-refractivity contribution >= 4 is 40.9 Å². The van der Waals surface area contributed by atoms with Crippen LogP contribution in [0.5, 0.6) is 0 Å². The number of aryl methyl sites for hydroxylation is 1. The first-order valence-electron chi connectivity index (χ1n) is 7.40. The van der Waals surface area contributed by atoms with Crippen molar-refractivity contribution in [3.8, 4) is 0 Å². The predicted octanol–water partition coefficient (Wildman–Crippen LogP) is 2.92. The number of benzene rings is 1. The molecule has 0 radical (unpaired) electrons. The first kappa shape index (κ1) is 18.0. The molecule has 2 aromatic heterocycles. The van der Waals surface area contributed by atoms with Crippen LogP contribution >= 0.6 is 23.2 Å². The molecule has 0 aliphatic carbocycles. The van der Waals surface area contributed by atoms with E-state index in [0.717, 1.165) is 0 Å². The van der Waals surface area contributed by atoms with Crippen LogP contribution in [0.3, 0.4) is 0 Å². The van der Waals surface area contributed by atoms with Crippen molar-refractivity contribution < 1.29 is 14.7 Å². The zero-order chi connectivity index (χ0) is 18.8. The number of nitrogens with one attached hydrogen (secondary N) is 1. The summed E-state index contributed by atoms with van der Waals surface area (Å²) >= 11 is 12.3. The molecule has 3 rings (SSSR count). The summed E-state index contributed by atoms with van der Waals surface area (Å²) in [6.45, 7) is 0.318. The standard InChI is InChI=1S/C16H13Cl2N5O3/c1-22-7-10(16(25)26)14(21-22)15(24)19-13-5-6-23(20-13)8-9-11(17)3-2-4-12(9)18/h2-7H,8H2,1H3,(H,25,26)(H,19,20,24). The van der Waals surface area contributed by atoms with Gasteiger partial charge in [0.1, 0.15) is 5.56 Å². The lowest BCUT2D eigenvalue weighted by Gasteiger charge is -2.07. The fourth-order valence-corrected chi connectivity index (χ4v) is 2.87. The molecule has 0 saturated heterocycles. The molecule has 26 heavy (non-hydrogen) atoms. The zero-order valence-electron chi connectivity index (χ0n) is 13.5. The Morgan fingerprint density at radius 1 is 1.19 bits per heavy atom. The minimum Gasteiger partial charge on any atom is -0.478 e. The van der Waals surface area contributed by atoms with Gasteiger partial charge in [0, 0.05) is 41.1 Å². The van der Waals surface area contributed by atoms with Crippen LogP contribution in [-0.2, 0) is 13.6 Å². The lowest BCUT2D eigenvalue weighted by Crippen LogP contribution is -2.17. The number of aromatic carboxylic acids is 1. The summed E-state index contributed by atoms with van der Waals surface area (Å²) < 4.78 is 2.82. The Morgan fingerprint density at radius 2 is 1.88 bits per heavy atom. The molecule has 1 amide bonds. The summed E-state index contributed by atoms with van der Waals surface area (Å²) in [5.41, 5.74) is 0.325. The summed E-state index contributed by atoms with van der Waals surface area (Å²) in [6, 6.07) is 6.77. The normalized spacial score (nSPS) is 10.7. The first-order chi connectivity index (χ1) is 12.3. The van der Waals surface area contributed by atoms with Gasteiger partial charge in [-0.3, -0.25) is 14.2 Å². The van der Waals surface area contributed by atoms with Crippen LogP contribution in [0.1, 0.15) is 26.4 Å².